The second-order valence-electron chi connectivity index (χ2n) is 7.70. The fourth-order valence-corrected chi connectivity index (χ4v) is 4.35. The lowest BCUT2D eigenvalue weighted by atomic mass is 9.79. The van der Waals surface area contributed by atoms with Crippen molar-refractivity contribution in [3.05, 3.63) is 64.9 Å². The fraction of sp³-hybridized carbons (Fsp3) is 0.429. The number of benzene rings is 1. The standard InChI is InChI=1S/C21H24ClN3O/c22-19-6-3-18(4-7-19)13-24-14-21(15-24)9-11-25(16-21)20(26)8-5-17-2-1-10-23-12-17/h1-4,6-7,10,12H,5,8-9,11,13-16H2. The second kappa shape index (κ2) is 7.37. The van der Waals surface area contributed by atoms with Crippen LogP contribution in [0.1, 0.15) is 24.0 Å². The molecule has 0 atom stereocenters. The van der Waals surface area contributed by atoms with Crippen molar-refractivity contribution >= 4 is 17.5 Å². The summed E-state index contributed by atoms with van der Waals surface area (Å²) in [7, 11) is 0. The zero-order valence-corrected chi connectivity index (χ0v) is 15.7. The van der Waals surface area contributed by atoms with Crippen LogP contribution in [-0.2, 0) is 17.8 Å². The lowest BCUT2D eigenvalue weighted by molar-refractivity contribution is -0.131. The molecule has 26 heavy (non-hydrogen) atoms. The number of rotatable bonds is 5. The highest BCUT2D eigenvalue weighted by Gasteiger charge is 2.48. The summed E-state index contributed by atoms with van der Waals surface area (Å²) in [5.74, 6) is 0.280. The number of amides is 1. The predicted octanol–water partition coefficient (Wildman–Crippen LogP) is 3.40. The van der Waals surface area contributed by atoms with E-state index in [1.54, 1.807) is 6.20 Å². The van der Waals surface area contributed by atoms with Crippen molar-refractivity contribution in [2.45, 2.75) is 25.8 Å². The number of nitrogens with zero attached hydrogens (tertiary/aromatic N) is 3. The summed E-state index contributed by atoms with van der Waals surface area (Å²) < 4.78 is 0. The molecule has 5 heteroatoms. The summed E-state index contributed by atoms with van der Waals surface area (Å²) in [4.78, 5) is 21.2. The van der Waals surface area contributed by atoms with E-state index in [2.05, 4.69) is 26.9 Å². The lowest BCUT2D eigenvalue weighted by Gasteiger charge is -2.48. The minimum absolute atomic E-state index is 0.280. The van der Waals surface area contributed by atoms with E-state index < -0.39 is 0 Å². The summed E-state index contributed by atoms with van der Waals surface area (Å²) in [5, 5.41) is 0.782. The molecule has 1 aromatic heterocycles. The van der Waals surface area contributed by atoms with Crippen molar-refractivity contribution in [1.82, 2.24) is 14.8 Å². The molecule has 2 aromatic rings. The van der Waals surface area contributed by atoms with Crippen LogP contribution in [0.3, 0.4) is 0 Å². The highest BCUT2D eigenvalue weighted by molar-refractivity contribution is 6.30. The van der Waals surface area contributed by atoms with Gasteiger partial charge in [0.15, 0.2) is 0 Å². The Kier molecular flexibility index (Phi) is 4.96. The molecule has 4 rings (SSSR count). The SMILES string of the molecule is O=C(CCc1cccnc1)N1CCC2(CN(Cc3ccc(Cl)cc3)C2)C1. The van der Waals surface area contributed by atoms with Crippen molar-refractivity contribution in [3.63, 3.8) is 0 Å². The van der Waals surface area contributed by atoms with Crippen LogP contribution < -0.4 is 0 Å². The Morgan fingerprint density at radius 2 is 1.92 bits per heavy atom. The molecule has 0 saturated carbocycles. The number of aromatic nitrogens is 1. The van der Waals surface area contributed by atoms with Gasteiger partial charge in [-0.15, -0.1) is 0 Å². The average molecular weight is 370 g/mol. The van der Waals surface area contributed by atoms with Gasteiger partial charge in [-0.05, 0) is 42.2 Å². The van der Waals surface area contributed by atoms with E-state index in [-0.39, 0.29) is 5.91 Å². The number of carbonyl (C=O) groups excluding carboxylic acids is 1. The highest BCUT2D eigenvalue weighted by Crippen LogP contribution is 2.40. The first kappa shape index (κ1) is 17.5. The second-order valence-corrected chi connectivity index (χ2v) is 8.13. The largest absolute Gasteiger partial charge is 0.342 e. The van der Waals surface area contributed by atoms with E-state index in [0.29, 0.717) is 11.8 Å². The van der Waals surface area contributed by atoms with Gasteiger partial charge in [0.25, 0.3) is 0 Å². The molecule has 3 heterocycles. The Morgan fingerprint density at radius 1 is 1.12 bits per heavy atom. The third-order valence-electron chi connectivity index (χ3n) is 5.58. The van der Waals surface area contributed by atoms with Crippen LogP contribution in [0.5, 0.6) is 0 Å². The minimum atomic E-state index is 0.280. The summed E-state index contributed by atoms with van der Waals surface area (Å²) in [6.07, 6.45) is 6.10. The quantitative estimate of drug-likeness (QED) is 0.810. The average Bonchev–Trinajstić information content (AvgIpc) is 3.08. The Balaban J connectivity index is 1.24. The maximum absolute atomic E-state index is 12.5. The molecule has 2 fully saturated rings. The van der Waals surface area contributed by atoms with Gasteiger partial charge in [-0.3, -0.25) is 14.7 Å². The molecule has 4 nitrogen and oxygen atoms in total. The molecule has 0 N–H and O–H groups in total. The van der Waals surface area contributed by atoms with Crippen LogP contribution >= 0.6 is 11.6 Å². The first-order chi connectivity index (χ1) is 12.6. The van der Waals surface area contributed by atoms with Gasteiger partial charge in [-0.1, -0.05) is 29.8 Å². The van der Waals surface area contributed by atoms with Crippen molar-refractivity contribution in [2.24, 2.45) is 5.41 Å². The van der Waals surface area contributed by atoms with Crippen molar-refractivity contribution in [2.75, 3.05) is 26.2 Å². The summed E-state index contributed by atoms with van der Waals surface area (Å²) >= 11 is 5.95. The molecule has 2 aliphatic rings. The maximum Gasteiger partial charge on any atom is 0.222 e. The first-order valence-corrected chi connectivity index (χ1v) is 9.63. The maximum atomic E-state index is 12.5. The van der Waals surface area contributed by atoms with E-state index in [1.165, 1.54) is 5.56 Å². The number of hydrogen-bond acceptors (Lipinski definition) is 3. The molecule has 1 spiro atoms. The van der Waals surface area contributed by atoms with Gasteiger partial charge < -0.3 is 4.90 Å². The van der Waals surface area contributed by atoms with Gasteiger partial charge >= 0.3 is 0 Å². The van der Waals surface area contributed by atoms with Crippen molar-refractivity contribution in [1.29, 1.82) is 0 Å². The van der Waals surface area contributed by atoms with Crippen LogP contribution in [0.15, 0.2) is 48.8 Å². The number of halogens is 1. The highest BCUT2D eigenvalue weighted by atomic mass is 35.5. The Morgan fingerprint density at radius 3 is 2.65 bits per heavy atom. The van der Waals surface area contributed by atoms with Gasteiger partial charge in [0, 0.05) is 62.0 Å². The van der Waals surface area contributed by atoms with Gasteiger partial charge in [-0.2, -0.15) is 0 Å². The van der Waals surface area contributed by atoms with Gasteiger partial charge in [0.1, 0.15) is 0 Å². The Bertz CT molecular complexity index is 757. The number of hydrogen-bond donors (Lipinski definition) is 0. The smallest absolute Gasteiger partial charge is 0.222 e. The molecular formula is C21H24ClN3O. The number of likely N-dealkylation sites (tertiary alicyclic amines) is 2. The van der Waals surface area contributed by atoms with Gasteiger partial charge in [0.2, 0.25) is 5.91 Å². The molecular weight excluding hydrogens is 346 g/mol. The van der Waals surface area contributed by atoms with E-state index in [0.717, 1.165) is 56.2 Å². The van der Waals surface area contributed by atoms with E-state index in [4.69, 9.17) is 11.6 Å². The zero-order chi connectivity index (χ0) is 18.0. The summed E-state index contributed by atoms with van der Waals surface area (Å²) in [6.45, 7) is 4.95. The molecule has 2 saturated heterocycles. The van der Waals surface area contributed by atoms with Crippen molar-refractivity contribution in [3.8, 4) is 0 Å². The normalized spacial score (nSPS) is 18.9. The minimum Gasteiger partial charge on any atom is -0.342 e. The molecule has 1 amide bonds. The number of pyridine rings is 1. The van der Waals surface area contributed by atoms with Crippen LogP contribution in [0, 0.1) is 5.41 Å². The monoisotopic (exact) mass is 369 g/mol. The third kappa shape index (κ3) is 3.92. The number of aryl methyl sites for hydroxylation is 1. The Labute approximate surface area is 159 Å². The Hall–Kier alpha value is -1.91. The van der Waals surface area contributed by atoms with Gasteiger partial charge in [-0.25, -0.2) is 0 Å². The molecule has 0 unspecified atom stereocenters. The summed E-state index contributed by atoms with van der Waals surface area (Å²) in [5.41, 5.74) is 2.75. The first-order valence-electron chi connectivity index (χ1n) is 9.25. The number of carbonyl (C=O) groups is 1. The van der Waals surface area contributed by atoms with Crippen LogP contribution in [0.4, 0.5) is 0 Å². The van der Waals surface area contributed by atoms with Crippen molar-refractivity contribution < 1.29 is 4.79 Å². The molecule has 0 radical (unpaired) electrons. The van der Waals surface area contributed by atoms with Crippen LogP contribution in [0.2, 0.25) is 5.02 Å². The fourth-order valence-electron chi connectivity index (χ4n) is 4.22. The van der Waals surface area contributed by atoms with E-state index >= 15 is 0 Å². The van der Waals surface area contributed by atoms with E-state index in [9.17, 15) is 4.79 Å². The van der Waals surface area contributed by atoms with Crippen LogP contribution in [0.25, 0.3) is 0 Å². The molecule has 2 aliphatic heterocycles. The van der Waals surface area contributed by atoms with E-state index in [1.807, 2.05) is 30.5 Å². The molecule has 1 aromatic carbocycles. The summed E-state index contributed by atoms with van der Waals surface area (Å²) in [6, 6.07) is 12.0. The topological polar surface area (TPSA) is 36.4 Å². The van der Waals surface area contributed by atoms with Gasteiger partial charge in [0.05, 0.1) is 0 Å². The third-order valence-corrected chi connectivity index (χ3v) is 5.83. The van der Waals surface area contributed by atoms with Crippen LogP contribution in [-0.4, -0.2) is 46.9 Å². The zero-order valence-electron chi connectivity index (χ0n) is 14.9. The molecule has 136 valence electrons. The lowest BCUT2D eigenvalue weighted by Crippen LogP contribution is -2.57. The molecule has 0 aliphatic carbocycles. The molecule has 0 bridgehead atoms. The predicted molar refractivity (Wildman–Crippen MR) is 103 cm³/mol.